The standard InChI is InChI=1S/C32H34F3N3O3S/c1-2-3-4-8-20-41-27-16-14-25(15-17-27)36-30(40)28-22-29(39)38(19-18-23-10-6-5-7-11-23)31(42-28)37-26-13-9-12-24(21-26)32(33,34)35/h5-7,9-17,21,28H,2-4,8,18-20,22H2,1H3,(H,36,40)/t28-/m0/s1. The number of ether oxygens (including phenoxy) is 1. The van der Waals surface area contributed by atoms with Crippen LogP contribution in [0.2, 0.25) is 0 Å². The maximum absolute atomic E-state index is 13.3. The molecule has 2 amide bonds. The number of anilines is 1. The van der Waals surface area contributed by atoms with Gasteiger partial charge in [0.15, 0.2) is 5.17 Å². The van der Waals surface area contributed by atoms with Gasteiger partial charge in [-0.2, -0.15) is 13.2 Å². The summed E-state index contributed by atoms with van der Waals surface area (Å²) in [5.74, 6) is -0.000282. The number of unbranched alkanes of at least 4 members (excludes halogenated alkanes) is 3. The molecule has 0 aliphatic carbocycles. The van der Waals surface area contributed by atoms with Crippen LogP contribution in [0.4, 0.5) is 24.5 Å². The minimum absolute atomic E-state index is 0.0520. The van der Waals surface area contributed by atoms with E-state index in [1.54, 1.807) is 24.3 Å². The summed E-state index contributed by atoms with van der Waals surface area (Å²) >= 11 is 1.07. The molecule has 4 rings (SSSR count). The molecule has 1 N–H and O–H groups in total. The molecule has 0 radical (unpaired) electrons. The zero-order valence-electron chi connectivity index (χ0n) is 23.4. The quantitative estimate of drug-likeness (QED) is 0.216. The Bertz CT molecular complexity index is 1360. The summed E-state index contributed by atoms with van der Waals surface area (Å²) in [7, 11) is 0. The fourth-order valence-electron chi connectivity index (χ4n) is 4.39. The highest BCUT2D eigenvalue weighted by molar-refractivity contribution is 8.15. The summed E-state index contributed by atoms with van der Waals surface area (Å²) in [6, 6.07) is 21.2. The highest BCUT2D eigenvalue weighted by Gasteiger charge is 2.36. The zero-order valence-corrected chi connectivity index (χ0v) is 24.2. The van der Waals surface area contributed by atoms with Crippen molar-refractivity contribution in [1.82, 2.24) is 4.90 Å². The Balaban J connectivity index is 1.47. The fourth-order valence-corrected chi connectivity index (χ4v) is 5.51. The molecule has 3 aromatic rings. The van der Waals surface area contributed by atoms with Gasteiger partial charge < -0.3 is 10.1 Å². The van der Waals surface area contributed by atoms with E-state index in [1.807, 2.05) is 30.3 Å². The van der Waals surface area contributed by atoms with Crippen molar-refractivity contribution in [1.29, 1.82) is 0 Å². The normalized spacial score (nSPS) is 16.5. The topological polar surface area (TPSA) is 71.0 Å². The number of carbonyl (C=O) groups excluding carboxylic acids is 2. The molecule has 0 saturated carbocycles. The van der Waals surface area contributed by atoms with Crippen LogP contribution >= 0.6 is 11.8 Å². The van der Waals surface area contributed by atoms with Crippen LogP contribution in [0.5, 0.6) is 5.75 Å². The molecule has 1 heterocycles. The molecular formula is C32H34F3N3O3S. The van der Waals surface area contributed by atoms with E-state index in [9.17, 15) is 22.8 Å². The third-order valence-corrected chi connectivity index (χ3v) is 7.87. The maximum Gasteiger partial charge on any atom is 0.416 e. The predicted octanol–water partition coefficient (Wildman–Crippen LogP) is 7.87. The Kier molecular flexibility index (Phi) is 11.1. The van der Waals surface area contributed by atoms with Crippen LogP contribution in [0.15, 0.2) is 83.9 Å². The molecule has 6 nitrogen and oxygen atoms in total. The number of benzene rings is 3. The summed E-state index contributed by atoms with van der Waals surface area (Å²) in [4.78, 5) is 32.4. The van der Waals surface area contributed by atoms with Crippen LogP contribution in [0.3, 0.4) is 0 Å². The van der Waals surface area contributed by atoms with E-state index >= 15 is 0 Å². The SMILES string of the molecule is CCCCCCOc1ccc(NC(=O)[C@@H]2CC(=O)N(CCc3ccccc3)C(=Nc3cccc(C(F)(F)F)c3)S2)cc1. The van der Waals surface area contributed by atoms with Gasteiger partial charge in [0.05, 0.1) is 17.9 Å². The molecule has 1 saturated heterocycles. The van der Waals surface area contributed by atoms with Crippen LogP contribution in [0.25, 0.3) is 0 Å². The largest absolute Gasteiger partial charge is 0.494 e. The first-order valence-electron chi connectivity index (χ1n) is 14.0. The first kappa shape index (κ1) is 31.2. The summed E-state index contributed by atoms with van der Waals surface area (Å²) in [6.45, 7) is 3.06. The van der Waals surface area contributed by atoms with Crippen molar-refractivity contribution in [3.63, 3.8) is 0 Å². The number of hydrogen-bond donors (Lipinski definition) is 1. The van der Waals surface area contributed by atoms with Crippen molar-refractivity contribution in [2.45, 2.75) is 56.9 Å². The number of alkyl halides is 3. The van der Waals surface area contributed by atoms with Gasteiger partial charge in [-0.25, -0.2) is 4.99 Å². The molecule has 1 aliphatic rings. The number of amides is 2. The summed E-state index contributed by atoms with van der Waals surface area (Å²) in [5.41, 5.74) is 0.766. The highest BCUT2D eigenvalue weighted by atomic mass is 32.2. The molecule has 3 aromatic carbocycles. The number of nitrogens with zero attached hydrogens (tertiary/aromatic N) is 2. The van der Waals surface area contributed by atoms with E-state index in [-0.39, 0.29) is 35.6 Å². The number of thioether (sulfide) groups is 1. The van der Waals surface area contributed by atoms with E-state index in [2.05, 4.69) is 17.2 Å². The molecule has 42 heavy (non-hydrogen) atoms. The Morgan fingerprint density at radius 2 is 1.79 bits per heavy atom. The zero-order chi connectivity index (χ0) is 30.0. The molecule has 222 valence electrons. The molecule has 1 fully saturated rings. The van der Waals surface area contributed by atoms with Crippen LogP contribution in [-0.4, -0.2) is 40.3 Å². The third-order valence-electron chi connectivity index (χ3n) is 6.69. The van der Waals surface area contributed by atoms with Crippen LogP contribution in [0.1, 0.15) is 50.2 Å². The van der Waals surface area contributed by atoms with Crippen LogP contribution in [0, 0.1) is 0 Å². The van der Waals surface area contributed by atoms with Crippen molar-refractivity contribution in [3.8, 4) is 5.75 Å². The molecule has 0 unspecified atom stereocenters. The number of rotatable bonds is 12. The van der Waals surface area contributed by atoms with Gasteiger partial charge in [-0.1, -0.05) is 74.3 Å². The Hall–Kier alpha value is -3.79. The number of halogens is 3. The van der Waals surface area contributed by atoms with Crippen molar-refractivity contribution < 1.29 is 27.5 Å². The van der Waals surface area contributed by atoms with Gasteiger partial charge in [0, 0.05) is 18.7 Å². The maximum atomic E-state index is 13.3. The van der Waals surface area contributed by atoms with E-state index < -0.39 is 17.0 Å². The monoisotopic (exact) mass is 597 g/mol. The summed E-state index contributed by atoms with van der Waals surface area (Å²) in [5, 5.41) is 2.23. The van der Waals surface area contributed by atoms with Gasteiger partial charge in [0.25, 0.3) is 0 Å². The third kappa shape index (κ3) is 9.11. The number of carbonyl (C=O) groups is 2. The Morgan fingerprint density at radius 3 is 2.50 bits per heavy atom. The molecule has 1 aliphatic heterocycles. The molecule has 1 atom stereocenters. The van der Waals surface area contributed by atoms with Gasteiger partial charge in [-0.05, 0) is 60.9 Å². The van der Waals surface area contributed by atoms with Crippen molar-refractivity contribution >= 4 is 40.1 Å². The van der Waals surface area contributed by atoms with Gasteiger partial charge >= 0.3 is 6.18 Å². The van der Waals surface area contributed by atoms with E-state index in [1.165, 1.54) is 23.5 Å². The second-order valence-electron chi connectivity index (χ2n) is 9.96. The number of aliphatic imine (C=N–C) groups is 1. The lowest BCUT2D eigenvalue weighted by molar-refractivity contribution is -0.137. The van der Waals surface area contributed by atoms with Gasteiger partial charge in [0.2, 0.25) is 11.8 Å². The molecule has 0 spiro atoms. The minimum Gasteiger partial charge on any atom is -0.494 e. The fraction of sp³-hybridized carbons (Fsp3) is 0.344. The lowest BCUT2D eigenvalue weighted by atomic mass is 10.1. The smallest absolute Gasteiger partial charge is 0.416 e. The first-order valence-corrected chi connectivity index (χ1v) is 14.9. The van der Waals surface area contributed by atoms with Gasteiger partial charge in [0.1, 0.15) is 11.0 Å². The minimum atomic E-state index is -4.53. The average Bonchev–Trinajstić information content (AvgIpc) is 2.97. The Labute approximate surface area is 248 Å². The molecular weight excluding hydrogens is 563 g/mol. The summed E-state index contributed by atoms with van der Waals surface area (Å²) < 4.78 is 45.7. The highest BCUT2D eigenvalue weighted by Crippen LogP contribution is 2.34. The van der Waals surface area contributed by atoms with E-state index in [4.69, 9.17) is 4.74 Å². The number of amidine groups is 1. The predicted molar refractivity (Wildman–Crippen MR) is 161 cm³/mol. The molecule has 0 bridgehead atoms. The average molecular weight is 598 g/mol. The lowest BCUT2D eigenvalue weighted by Crippen LogP contribution is -2.46. The first-order chi connectivity index (χ1) is 20.2. The summed E-state index contributed by atoms with van der Waals surface area (Å²) in [6.07, 6.45) is 0.356. The second kappa shape index (κ2) is 14.9. The van der Waals surface area contributed by atoms with Crippen molar-refractivity contribution in [3.05, 3.63) is 90.0 Å². The molecule has 0 aromatic heterocycles. The van der Waals surface area contributed by atoms with E-state index in [0.29, 0.717) is 24.5 Å². The second-order valence-corrected chi connectivity index (χ2v) is 11.1. The van der Waals surface area contributed by atoms with Crippen LogP contribution in [-0.2, 0) is 22.2 Å². The lowest BCUT2D eigenvalue weighted by Gasteiger charge is -2.32. The van der Waals surface area contributed by atoms with Crippen molar-refractivity contribution in [2.75, 3.05) is 18.5 Å². The number of nitrogens with one attached hydrogen (secondary N) is 1. The Morgan fingerprint density at radius 1 is 1.02 bits per heavy atom. The van der Waals surface area contributed by atoms with Crippen molar-refractivity contribution in [2.24, 2.45) is 4.99 Å². The molecule has 10 heteroatoms. The van der Waals surface area contributed by atoms with Gasteiger partial charge in [-0.3, -0.25) is 14.5 Å². The van der Waals surface area contributed by atoms with Gasteiger partial charge in [-0.15, -0.1) is 0 Å². The van der Waals surface area contributed by atoms with Crippen LogP contribution < -0.4 is 10.1 Å². The number of hydrogen-bond acceptors (Lipinski definition) is 5. The van der Waals surface area contributed by atoms with E-state index in [0.717, 1.165) is 48.7 Å².